The molecule has 0 bridgehead atoms. The van der Waals surface area contributed by atoms with E-state index in [2.05, 4.69) is 39.3 Å². The smallest absolute Gasteiger partial charge is 0.222 e. The Morgan fingerprint density at radius 2 is 2.22 bits per heavy atom. The summed E-state index contributed by atoms with van der Waals surface area (Å²) in [6.07, 6.45) is 1.01. The number of anilines is 2. The van der Waals surface area contributed by atoms with Crippen molar-refractivity contribution < 1.29 is 0 Å². The van der Waals surface area contributed by atoms with E-state index in [-0.39, 0.29) is 0 Å². The Bertz CT molecular complexity index is 489. The Balaban J connectivity index is 2.12. The number of aryl methyl sites for hydroxylation is 1. The first-order chi connectivity index (χ1) is 8.56. The largest absolute Gasteiger partial charge is 0.368 e. The molecule has 2 aromatic rings. The minimum absolute atomic E-state index is 0.333. The Kier molecular flexibility index (Phi) is 3.81. The summed E-state index contributed by atoms with van der Waals surface area (Å²) in [5.41, 5.74) is 6.58. The first-order valence-electron chi connectivity index (χ1n) is 5.92. The summed E-state index contributed by atoms with van der Waals surface area (Å²) < 4.78 is 0. The van der Waals surface area contributed by atoms with E-state index >= 15 is 0 Å². The van der Waals surface area contributed by atoms with Crippen molar-refractivity contribution >= 4 is 23.1 Å². The molecule has 0 aliphatic carbocycles. The lowest BCUT2D eigenvalue weighted by atomic mass is 10.2. The van der Waals surface area contributed by atoms with Gasteiger partial charge in [0.1, 0.15) is 5.82 Å². The summed E-state index contributed by atoms with van der Waals surface area (Å²) in [7, 11) is 2.04. The molecule has 5 heteroatoms. The first-order valence-corrected chi connectivity index (χ1v) is 6.80. The predicted molar refractivity (Wildman–Crippen MR) is 77.1 cm³/mol. The summed E-state index contributed by atoms with van der Waals surface area (Å²) in [5, 5.41) is 2.11. The minimum Gasteiger partial charge on any atom is -0.368 e. The summed E-state index contributed by atoms with van der Waals surface area (Å²) in [5.74, 6) is 1.21. The van der Waals surface area contributed by atoms with Crippen LogP contribution in [0, 0.1) is 6.92 Å². The normalized spacial score (nSPS) is 12.4. The first kappa shape index (κ1) is 12.8. The maximum atomic E-state index is 5.69. The number of nitrogens with two attached hydrogens (primary N) is 1. The van der Waals surface area contributed by atoms with Gasteiger partial charge in [-0.2, -0.15) is 4.98 Å². The van der Waals surface area contributed by atoms with Crippen LogP contribution < -0.4 is 10.6 Å². The Morgan fingerprint density at radius 3 is 2.83 bits per heavy atom. The van der Waals surface area contributed by atoms with Crippen molar-refractivity contribution in [2.75, 3.05) is 17.7 Å². The third kappa shape index (κ3) is 2.98. The molecule has 96 valence electrons. The molecule has 0 spiro atoms. The van der Waals surface area contributed by atoms with Gasteiger partial charge in [-0.1, -0.05) is 6.07 Å². The van der Waals surface area contributed by atoms with Crippen LogP contribution in [0.4, 0.5) is 11.8 Å². The number of hydrogen-bond acceptors (Lipinski definition) is 5. The van der Waals surface area contributed by atoms with Crippen LogP contribution in [0.2, 0.25) is 0 Å². The zero-order chi connectivity index (χ0) is 13.1. The second-order valence-electron chi connectivity index (χ2n) is 4.47. The van der Waals surface area contributed by atoms with Crippen LogP contribution in [-0.2, 0) is 6.42 Å². The molecule has 1 atom stereocenters. The van der Waals surface area contributed by atoms with Gasteiger partial charge in [-0.3, -0.25) is 0 Å². The number of rotatable bonds is 4. The summed E-state index contributed by atoms with van der Waals surface area (Å²) in [4.78, 5) is 11.9. The maximum Gasteiger partial charge on any atom is 0.222 e. The Hall–Kier alpha value is -1.62. The highest BCUT2D eigenvalue weighted by molar-refractivity contribution is 7.09. The van der Waals surface area contributed by atoms with Gasteiger partial charge in [-0.25, -0.2) is 4.98 Å². The number of likely N-dealkylation sites (N-methyl/N-ethyl adjacent to an activating group) is 1. The molecule has 2 rings (SSSR count). The van der Waals surface area contributed by atoms with Crippen LogP contribution in [0.25, 0.3) is 0 Å². The summed E-state index contributed by atoms with van der Waals surface area (Å²) >= 11 is 1.79. The highest BCUT2D eigenvalue weighted by Crippen LogP contribution is 2.18. The van der Waals surface area contributed by atoms with Gasteiger partial charge in [0.05, 0.1) is 0 Å². The quantitative estimate of drug-likeness (QED) is 0.919. The molecule has 0 amide bonds. The van der Waals surface area contributed by atoms with E-state index in [0.29, 0.717) is 12.0 Å². The zero-order valence-corrected chi connectivity index (χ0v) is 11.7. The molecule has 0 aliphatic rings. The van der Waals surface area contributed by atoms with Crippen molar-refractivity contribution in [2.45, 2.75) is 26.3 Å². The molecule has 2 aromatic heterocycles. The Labute approximate surface area is 111 Å². The zero-order valence-electron chi connectivity index (χ0n) is 10.9. The lowest BCUT2D eigenvalue weighted by Crippen LogP contribution is -2.31. The van der Waals surface area contributed by atoms with Gasteiger partial charge in [0, 0.05) is 36.1 Å². The molecule has 0 aliphatic heterocycles. The van der Waals surface area contributed by atoms with E-state index in [9.17, 15) is 0 Å². The van der Waals surface area contributed by atoms with Crippen molar-refractivity contribution in [3.05, 3.63) is 34.2 Å². The molecular weight excluding hydrogens is 244 g/mol. The van der Waals surface area contributed by atoms with Crippen molar-refractivity contribution in [1.29, 1.82) is 0 Å². The highest BCUT2D eigenvalue weighted by Gasteiger charge is 2.13. The fraction of sp³-hybridized carbons (Fsp3) is 0.385. The summed E-state index contributed by atoms with van der Waals surface area (Å²) in [6, 6.07) is 6.58. The minimum atomic E-state index is 0.333. The van der Waals surface area contributed by atoms with Crippen molar-refractivity contribution in [2.24, 2.45) is 0 Å². The lowest BCUT2D eigenvalue weighted by molar-refractivity contribution is 0.679. The average Bonchev–Trinajstić information content (AvgIpc) is 2.79. The molecule has 0 saturated heterocycles. The topological polar surface area (TPSA) is 55.0 Å². The number of nitrogens with zero attached hydrogens (tertiary/aromatic N) is 3. The second kappa shape index (κ2) is 5.35. The van der Waals surface area contributed by atoms with Gasteiger partial charge in [0.15, 0.2) is 0 Å². The molecule has 0 fully saturated rings. The van der Waals surface area contributed by atoms with Gasteiger partial charge >= 0.3 is 0 Å². The van der Waals surface area contributed by atoms with Crippen LogP contribution in [-0.4, -0.2) is 23.1 Å². The number of aromatic nitrogens is 2. The molecule has 18 heavy (non-hydrogen) atoms. The molecule has 2 heterocycles. The maximum absolute atomic E-state index is 5.69. The SMILES string of the molecule is Cc1cc(N(C)C(C)Cc2cccs2)nc(N)n1. The predicted octanol–water partition coefficient (Wildman–Crippen LogP) is 2.50. The van der Waals surface area contributed by atoms with Crippen LogP contribution in [0.3, 0.4) is 0 Å². The highest BCUT2D eigenvalue weighted by atomic mass is 32.1. The average molecular weight is 262 g/mol. The van der Waals surface area contributed by atoms with E-state index < -0.39 is 0 Å². The van der Waals surface area contributed by atoms with Crippen LogP contribution >= 0.6 is 11.3 Å². The molecule has 1 unspecified atom stereocenters. The number of thiophene rings is 1. The van der Waals surface area contributed by atoms with Gasteiger partial charge in [0.25, 0.3) is 0 Å². The van der Waals surface area contributed by atoms with E-state index in [1.807, 2.05) is 20.0 Å². The van der Waals surface area contributed by atoms with Crippen LogP contribution in [0.1, 0.15) is 17.5 Å². The third-order valence-electron chi connectivity index (χ3n) is 2.96. The fourth-order valence-electron chi connectivity index (χ4n) is 1.84. The van der Waals surface area contributed by atoms with E-state index in [1.165, 1.54) is 4.88 Å². The van der Waals surface area contributed by atoms with Gasteiger partial charge in [-0.15, -0.1) is 11.3 Å². The van der Waals surface area contributed by atoms with E-state index in [1.54, 1.807) is 11.3 Å². The van der Waals surface area contributed by atoms with Crippen molar-refractivity contribution in [3.63, 3.8) is 0 Å². The monoisotopic (exact) mass is 262 g/mol. The Morgan fingerprint density at radius 1 is 1.44 bits per heavy atom. The van der Waals surface area contributed by atoms with Gasteiger partial charge < -0.3 is 10.6 Å². The van der Waals surface area contributed by atoms with Crippen LogP contribution in [0.5, 0.6) is 0 Å². The lowest BCUT2D eigenvalue weighted by Gasteiger charge is -2.25. The van der Waals surface area contributed by atoms with Crippen molar-refractivity contribution in [1.82, 2.24) is 9.97 Å². The standard InChI is InChI=1S/C13H18N4S/c1-9-7-12(16-13(14)15-9)17(3)10(2)8-11-5-4-6-18-11/h4-7,10H,8H2,1-3H3,(H2,14,15,16). The van der Waals surface area contributed by atoms with Crippen LogP contribution in [0.15, 0.2) is 23.6 Å². The number of hydrogen-bond donors (Lipinski definition) is 1. The second-order valence-corrected chi connectivity index (χ2v) is 5.50. The molecule has 0 saturated carbocycles. The fourth-order valence-corrected chi connectivity index (χ4v) is 2.66. The molecule has 0 aromatic carbocycles. The third-order valence-corrected chi connectivity index (χ3v) is 3.86. The molecule has 4 nitrogen and oxygen atoms in total. The summed E-state index contributed by atoms with van der Waals surface area (Å²) in [6.45, 7) is 4.12. The van der Waals surface area contributed by atoms with Crippen molar-refractivity contribution in [3.8, 4) is 0 Å². The van der Waals surface area contributed by atoms with E-state index in [4.69, 9.17) is 5.73 Å². The van der Waals surface area contributed by atoms with Gasteiger partial charge in [0.2, 0.25) is 5.95 Å². The number of nitrogen functional groups attached to an aromatic ring is 1. The van der Waals surface area contributed by atoms with E-state index in [0.717, 1.165) is 17.9 Å². The molecule has 2 N–H and O–H groups in total. The van der Waals surface area contributed by atoms with Gasteiger partial charge in [-0.05, 0) is 25.3 Å². The molecular formula is C13H18N4S. The molecule has 0 radical (unpaired) electrons.